The number of carbonyl (C=O) groups excluding carboxylic acids is 1. The van der Waals surface area contributed by atoms with E-state index in [0.717, 1.165) is 11.1 Å². The molecule has 0 heterocycles. The van der Waals surface area contributed by atoms with E-state index in [1.54, 1.807) is 36.4 Å². The summed E-state index contributed by atoms with van der Waals surface area (Å²) in [7, 11) is 0. The third-order valence-electron chi connectivity index (χ3n) is 4.33. The minimum absolute atomic E-state index is 0.00104. The highest BCUT2D eigenvalue weighted by atomic mass is 35.5. The molecule has 0 saturated heterocycles. The highest BCUT2D eigenvalue weighted by molar-refractivity contribution is 6.31. The zero-order valence-electron chi connectivity index (χ0n) is 16.8. The number of hydrogen-bond acceptors (Lipinski definition) is 3. The second kappa shape index (κ2) is 9.78. The van der Waals surface area contributed by atoms with Gasteiger partial charge in [-0.2, -0.15) is 5.26 Å². The van der Waals surface area contributed by atoms with Gasteiger partial charge in [0.05, 0.1) is 0 Å². The summed E-state index contributed by atoms with van der Waals surface area (Å²) in [6, 6.07) is 22.3. The van der Waals surface area contributed by atoms with Crippen LogP contribution in [0.15, 0.2) is 72.3 Å². The molecule has 3 rings (SSSR count). The molecule has 0 aliphatic heterocycles. The molecule has 0 fully saturated rings. The highest BCUT2D eigenvalue weighted by Crippen LogP contribution is 2.19. The molecule has 0 aliphatic carbocycles. The molecular formula is C25H21ClN2O2. The summed E-state index contributed by atoms with van der Waals surface area (Å²) < 4.78 is 5.85. The fourth-order valence-corrected chi connectivity index (χ4v) is 3.25. The Morgan fingerprint density at radius 1 is 1.07 bits per heavy atom. The average Bonchev–Trinajstić information content (AvgIpc) is 2.70. The summed E-state index contributed by atoms with van der Waals surface area (Å²) in [5, 5.41) is 12.6. The number of halogens is 1. The number of carbonyl (C=O) groups is 1. The van der Waals surface area contributed by atoms with Crippen LogP contribution >= 0.6 is 11.6 Å². The molecule has 30 heavy (non-hydrogen) atoms. The Morgan fingerprint density at radius 2 is 1.77 bits per heavy atom. The van der Waals surface area contributed by atoms with Crippen LogP contribution in [0.1, 0.15) is 22.3 Å². The van der Waals surface area contributed by atoms with Gasteiger partial charge in [0, 0.05) is 10.7 Å². The predicted octanol–water partition coefficient (Wildman–Crippen LogP) is 6.08. The predicted molar refractivity (Wildman–Crippen MR) is 120 cm³/mol. The van der Waals surface area contributed by atoms with Gasteiger partial charge in [-0.05, 0) is 61.4 Å². The van der Waals surface area contributed by atoms with Gasteiger partial charge in [-0.15, -0.1) is 0 Å². The Kier molecular flexibility index (Phi) is 6.90. The van der Waals surface area contributed by atoms with Crippen molar-refractivity contribution in [2.45, 2.75) is 20.5 Å². The summed E-state index contributed by atoms with van der Waals surface area (Å²) in [5.41, 5.74) is 4.78. The van der Waals surface area contributed by atoms with Gasteiger partial charge < -0.3 is 10.1 Å². The minimum atomic E-state index is -0.491. The lowest BCUT2D eigenvalue weighted by atomic mass is 10.1. The lowest BCUT2D eigenvalue weighted by molar-refractivity contribution is -0.112. The minimum Gasteiger partial charge on any atom is -0.489 e. The topological polar surface area (TPSA) is 62.1 Å². The van der Waals surface area contributed by atoms with Gasteiger partial charge in [0.2, 0.25) is 0 Å². The van der Waals surface area contributed by atoms with E-state index in [4.69, 9.17) is 16.3 Å². The lowest BCUT2D eigenvalue weighted by Crippen LogP contribution is -2.13. The summed E-state index contributed by atoms with van der Waals surface area (Å²) in [5.74, 6) is 0.225. The van der Waals surface area contributed by atoms with Crippen molar-refractivity contribution in [3.63, 3.8) is 0 Å². The molecule has 150 valence electrons. The Labute approximate surface area is 181 Å². The fourth-order valence-electron chi connectivity index (χ4n) is 3.06. The number of rotatable bonds is 6. The molecule has 0 spiro atoms. The van der Waals surface area contributed by atoms with Crippen LogP contribution in [0.4, 0.5) is 5.69 Å². The number of hydrogen-bond donors (Lipinski definition) is 1. The standard InChI is InChI=1S/C25H21ClN2O2/c1-17-10-18(2)12-20(11-17)16-30-24-8-6-19(7-9-24)13-21(15-27)25(29)28-23-5-3-4-22(26)14-23/h3-14H,16H2,1-2H3,(H,28,29)/b21-13+. The first-order chi connectivity index (χ1) is 14.4. The molecule has 0 bridgehead atoms. The van der Waals surface area contributed by atoms with E-state index >= 15 is 0 Å². The van der Waals surface area contributed by atoms with E-state index in [2.05, 4.69) is 37.4 Å². The Balaban J connectivity index is 1.65. The molecule has 1 amide bonds. The second-order valence-corrected chi connectivity index (χ2v) is 7.42. The van der Waals surface area contributed by atoms with Gasteiger partial charge >= 0.3 is 0 Å². The van der Waals surface area contributed by atoms with Gasteiger partial charge in [0.15, 0.2) is 0 Å². The molecular weight excluding hydrogens is 396 g/mol. The van der Waals surface area contributed by atoms with E-state index in [-0.39, 0.29) is 5.57 Å². The number of nitrogens with one attached hydrogen (secondary N) is 1. The van der Waals surface area contributed by atoms with E-state index < -0.39 is 5.91 Å². The van der Waals surface area contributed by atoms with Gasteiger partial charge in [0.1, 0.15) is 24.0 Å². The second-order valence-electron chi connectivity index (χ2n) is 6.99. The van der Waals surface area contributed by atoms with Gasteiger partial charge in [-0.1, -0.05) is 59.1 Å². The number of nitriles is 1. The summed E-state index contributed by atoms with van der Waals surface area (Å²) in [6.45, 7) is 4.60. The normalized spacial score (nSPS) is 10.9. The van der Waals surface area contributed by atoms with Gasteiger partial charge in [0.25, 0.3) is 5.91 Å². The highest BCUT2D eigenvalue weighted by Gasteiger charge is 2.10. The maximum atomic E-state index is 12.4. The average molecular weight is 417 g/mol. The largest absolute Gasteiger partial charge is 0.489 e. The monoisotopic (exact) mass is 416 g/mol. The smallest absolute Gasteiger partial charge is 0.266 e. The maximum Gasteiger partial charge on any atom is 0.266 e. The van der Waals surface area contributed by atoms with Crippen molar-refractivity contribution < 1.29 is 9.53 Å². The summed E-state index contributed by atoms with van der Waals surface area (Å²) in [4.78, 5) is 12.4. The van der Waals surface area contributed by atoms with Crippen molar-refractivity contribution in [2.24, 2.45) is 0 Å². The Hall–Kier alpha value is -3.55. The van der Waals surface area contributed by atoms with Crippen molar-refractivity contribution in [1.82, 2.24) is 0 Å². The van der Waals surface area contributed by atoms with Gasteiger partial charge in [-0.3, -0.25) is 4.79 Å². The van der Waals surface area contributed by atoms with Crippen molar-refractivity contribution in [1.29, 1.82) is 5.26 Å². The van der Waals surface area contributed by atoms with E-state index in [1.165, 1.54) is 17.2 Å². The van der Waals surface area contributed by atoms with Crippen molar-refractivity contribution in [3.8, 4) is 11.8 Å². The zero-order chi connectivity index (χ0) is 21.5. The van der Waals surface area contributed by atoms with Crippen LogP contribution in [0.2, 0.25) is 5.02 Å². The van der Waals surface area contributed by atoms with Crippen LogP contribution in [0.3, 0.4) is 0 Å². The third kappa shape index (κ3) is 5.97. The first kappa shape index (κ1) is 21.2. The fraction of sp³-hybridized carbons (Fsp3) is 0.120. The molecule has 0 radical (unpaired) electrons. The molecule has 5 heteroatoms. The Bertz CT molecular complexity index is 1110. The van der Waals surface area contributed by atoms with Crippen LogP contribution in [0.5, 0.6) is 5.75 Å². The van der Waals surface area contributed by atoms with Crippen molar-refractivity contribution in [2.75, 3.05) is 5.32 Å². The lowest BCUT2D eigenvalue weighted by Gasteiger charge is -2.09. The summed E-state index contributed by atoms with van der Waals surface area (Å²) in [6.07, 6.45) is 1.54. The van der Waals surface area contributed by atoms with E-state index in [0.29, 0.717) is 23.1 Å². The molecule has 1 N–H and O–H groups in total. The molecule has 4 nitrogen and oxygen atoms in total. The van der Waals surface area contributed by atoms with Crippen LogP contribution in [-0.4, -0.2) is 5.91 Å². The molecule has 0 unspecified atom stereocenters. The number of anilines is 1. The molecule has 0 saturated carbocycles. The first-order valence-corrected chi connectivity index (χ1v) is 9.79. The number of aryl methyl sites for hydroxylation is 2. The van der Waals surface area contributed by atoms with Crippen molar-refractivity contribution in [3.05, 3.63) is 99.6 Å². The number of nitrogens with zero attached hydrogens (tertiary/aromatic N) is 1. The zero-order valence-corrected chi connectivity index (χ0v) is 17.5. The van der Waals surface area contributed by atoms with Crippen LogP contribution in [0, 0.1) is 25.2 Å². The number of amides is 1. The molecule has 0 aromatic heterocycles. The van der Waals surface area contributed by atoms with Crippen LogP contribution in [0.25, 0.3) is 6.08 Å². The first-order valence-electron chi connectivity index (χ1n) is 9.42. The molecule has 0 aliphatic rings. The summed E-state index contributed by atoms with van der Waals surface area (Å²) >= 11 is 5.92. The molecule has 3 aromatic rings. The van der Waals surface area contributed by atoms with Gasteiger partial charge in [-0.25, -0.2) is 0 Å². The SMILES string of the molecule is Cc1cc(C)cc(COc2ccc(/C=C(\C#N)C(=O)Nc3cccc(Cl)c3)cc2)c1. The van der Waals surface area contributed by atoms with Crippen LogP contribution in [-0.2, 0) is 11.4 Å². The van der Waals surface area contributed by atoms with Crippen molar-refractivity contribution >= 4 is 29.3 Å². The van der Waals surface area contributed by atoms with E-state index in [1.807, 2.05) is 18.2 Å². The maximum absolute atomic E-state index is 12.4. The number of ether oxygens (including phenoxy) is 1. The Morgan fingerprint density at radius 3 is 2.40 bits per heavy atom. The quantitative estimate of drug-likeness (QED) is 0.391. The third-order valence-corrected chi connectivity index (χ3v) is 4.56. The molecule has 0 atom stereocenters. The molecule has 3 aromatic carbocycles. The van der Waals surface area contributed by atoms with E-state index in [9.17, 15) is 10.1 Å². The number of benzene rings is 3. The van der Waals surface area contributed by atoms with Crippen LogP contribution < -0.4 is 10.1 Å².